The maximum atomic E-state index is 6.35. The molecule has 0 aliphatic carbocycles. The molecule has 2 unspecified atom stereocenters. The maximum absolute atomic E-state index is 6.35. The van der Waals surface area contributed by atoms with Gasteiger partial charge in [0.15, 0.2) is 5.79 Å². The second-order valence-electron chi connectivity index (χ2n) is 6.86. The van der Waals surface area contributed by atoms with Gasteiger partial charge in [0.2, 0.25) is 0 Å². The number of ether oxygens (including phenoxy) is 2. The van der Waals surface area contributed by atoms with Crippen molar-refractivity contribution in [1.29, 1.82) is 0 Å². The summed E-state index contributed by atoms with van der Waals surface area (Å²) in [5.41, 5.74) is 0. The highest BCUT2D eigenvalue weighted by Crippen LogP contribution is 2.36. The molecule has 0 saturated carbocycles. The molecule has 0 saturated heterocycles. The Balaban J connectivity index is 4.62. The van der Waals surface area contributed by atoms with Gasteiger partial charge in [-0.15, -0.1) is 0 Å². The monoisotopic (exact) mass is 328 g/mol. The predicted molar refractivity (Wildman–Crippen MR) is 102 cm³/mol. The van der Waals surface area contributed by atoms with Crippen LogP contribution in [0.25, 0.3) is 0 Å². The van der Waals surface area contributed by atoms with Gasteiger partial charge in [0.05, 0.1) is 0 Å². The summed E-state index contributed by atoms with van der Waals surface area (Å²) < 4.78 is 12.6. The molecular formula is C21H44O2. The third kappa shape index (κ3) is 9.72. The fraction of sp³-hybridized carbons (Fsp3) is 1.00. The largest absolute Gasteiger partial charge is 0.350 e. The van der Waals surface area contributed by atoms with E-state index in [-0.39, 0.29) is 5.79 Å². The van der Waals surface area contributed by atoms with Crippen molar-refractivity contribution in [2.24, 2.45) is 5.92 Å². The van der Waals surface area contributed by atoms with Crippen LogP contribution in [0.15, 0.2) is 0 Å². The summed E-state index contributed by atoms with van der Waals surface area (Å²) in [6.45, 7) is 12.7. The summed E-state index contributed by atoms with van der Waals surface area (Å²) in [4.78, 5) is 0. The highest BCUT2D eigenvalue weighted by molar-refractivity contribution is 4.80. The van der Waals surface area contributed by atoms with Crippen LogP contribution in [0.1, 0.15) is 112 Å². The van der Waals surface area contributed by atoms with E-state index >= 15 is 0 Å². The Morgan fingerprint density at radius 3 is 1.91 bits per heavy atom. The molecule has 0 spiro atoms. The molecule has 0 N–H and O–H groups in total. The van der Waals surface area contributed by atoms with Crippen LogP contribution in [-0.2, 0) is 9.47 Å². The molecule has 0 aliphatic heterocycles. The van der Waals surface area contributed by atoms with Gasteiger partial charge in [0.1, 0.15) is 0 Å². The molecule has 0 aromatic heterocycles. The maximum Gasteiger partial charge on any atom is 0.171 e. The lowest BCUT2D eigenvalue weighted by atomic mass is 9.86. The van der Waals surface area contributed by atoms with Gasteiger partial charge >= 0.3 is 0 Å². The Morgan fingerprint density at radius 2 is 1.35 bits per heavy atom. The third-order valence-corrected chi connectivity index (χ3v) is 4.84. The van der Waals surface area contributed by atoms with E-state index in [1.54, 1.807) is 0 Å². The zero-order valence-corrected chi connectivity index (χ0v) is 16.8. The van der Waals surface area contributed by atoms with Crippen molar-refractivity contribution in [2.45, 2.75) is 117 Å². The van der Waals surface area contributed by atoms with Crippen LogP contribution in [0.3, 0.4) is 0 Å². The van der Waals surface area contributed by atoms with Gasteiger partial charge in [-0.2, -0.15) is 0 Å². The van der Waals surface area contributed by atoms with Crippen LogP contribution in [0.2, 0.25) is 0 Å². The van der Waals surface area contributed by atoms with Gasteiger partial charge in [0, 0.05) is 25.6 Å². The Bertz CT molecular complexity index is 232. The number of hydrogen-bond acceptors (Lipinski definition) is 2. The van der Waals surface area contributed by atoms with Crippen molar-refractivity contribution >= 4 is 0 Å². The third-order valence-electron chi connectivity index (χ3n) is 4.84. The minimum atomic E-state index is -0.334. The Hall–Kier alpha value is -0.0800. The number of unbranched alkanes of at least 4 members (excludes halogenated alkanes) is 6. The quantitative estimate of drug-likeness (QED) is 0.209. The lowest BCUT2D eigenvalue weighted by Gasteiger charge is -2.40. The van der Waals surface area contributed by atoms with E-state index in [2.05, 4.69) is 34.6 Å². The van der Waals surface area contributed by atoms with Gasteiger partial charge < -0.3 is 9.47 Å². The van der Waals surface area contributed by atoms with Crippen molar-refractivity contribution in [1.82, 2.24) is 0 Å². The fourth-order valence-electron chi connectivity index (χ4n) is 3.47. The van der Waals surface area contributed by atoms with E-state index in [1.807, 2.05) is 0 Å². The summed E-state index contributed by atoms with van der Waals surface area (Å²) in [7, 11) is 0. The fourth-order valence-corrected chi connectivity index (χ4v) is 3.47. The zero-order chi connectivity index (χ0) is 17.4. The van der Waals surface area contributed by atoms with Gasteiger partial charge in [-0.3, -0.25) is 0 Å². The Kier molecular flexibility index (Phi) is 15.4. The molecule has 0 fully saturated rings. The lowest BCUT2D eigenvalue weighted by molar-refractivity contribution is -0.272. The standard InChI is InChI=1S/C21H44O2/c1-6-11-13-14-15-16-17-20(9-4)21(22-10-5,18-12-7-2)23-19-8-3/h20H,6-19H2,1-5H3. The second-order valence-corrected chi connectivity index (χ2v) is 6.86. The SMILES string of the molecule is CCCCCCCCC(CC)C(CCCC)(OCC)OCCC. The van der Waals surface area contributed by atoms with Crippen LogP contribution in [0.5, 0.6) is 0 Å². The van der Waals surface area contributed by atoms with Gasteiger partial charge in [-0.1, -0.05) is 72.6 Å². The van der Waals surface area contributed by atoms with Gasteiger partial charge in [-0.05, 0) is 32.6 Å². The smallest absolute Gasteiger partial charge is 0.171 e. The topological polar surface area (TPSA) is 18.5 Å². The molecule has 0 radical (unpaired) electrons. The highest BCUT2D eigenvalue weighted by Gasteiger charge is 2.38. The highest BCUT2D eigenvalue weighted by atomic mass is 16.7. The molecule has 0 rings (SSSR count). The van der Waals surface area contributed by atoms with Gasteiger partial charge in [-0.25, -0.2) is 0 Å². The van der Waals surface area contributed by atoms with E-state index in [9.17, 15) is 0 Å². The summed E-state index contributed by atoms with van der Waals surface area (Å²) >= 11 is 0. The Morgan fingerprint density at radius 1 is 0.696 bits per heavy atom. The van der Waals surface area contributed by atoms with E-state index in [0.717, 1.165) is 32.5 Å². The molecule has 0 aromatic rings. The summed E-state index contributed by atoms with van der Waals surface area (Å²) in [5.74, 6) is 0.200. The van der Waals surface area contributed by atoms with E-state index in [1.165, 1.54) is 57.8 Å². The molecule has 2 nitrogen and oxygen atoms in total. The van der Waals surface area contributed by atoms with Gasteiger partial charge in [0.25, 0.3) is 0 Å². The molecule has 2 atom stereocenters. The van der Waals surface area contributed by atoms with Crippen molar-refractivity contribution in [3.8, 4) is 0 Å². The van der Waals surface area contributed by atoms with Crippen molar-refractivity contribution in [3.63, 3.8) is 0 Å². The molecule has 2 heteroatoms. The lowest BCUT2D eigenvalue weighted by Crippen LogP contribution is -2.44. The van der Waals surface area contributed by atoms with Crippen molar-refractivity contribution in [3.05, 3.63) is 0 Å². The van der Waals surface area contributed by atoms with Crippen LogP contribution in [-0.4, -0.2) is 19.0 Å². The molecule has 0 amide bonds. The zero-order valence-electron chi connectivity index (χ0n) is 16.8. The van der Waals surface area contributed by atoms with Crippen LogP contribution in [0, 0.1) is 5.92 Å². The van der Waals surface area contributed by atoms with Crippen LogP contribution >= 0.6 is 0 Å². The minimum Gasteiger partial charge on any atom is -0.350 e. The minimum absolute atomic E-state index is 0.334. The van der Waals surface area contributed by atoms with Crippen LogP contribution in [0.4, 0.5) is 0 Å². The first-order valence-electron chi connectivity index (χ1n) is 10.5. The second kappa shape index (κ2) is 15.4. The van der Waals surface area contributed by atoms with E-state index in [0.29, 0.717) is 5.92 Å². The van der Waals surface area contributed by atoms with Crippen LogP contribution < -0.4 is 0 Å². The average Bonchev–Trinajstić information content (AvgIpc) is 2.57. The molecular weight excluding hydrogens is 284 g/mol. The van der Waals surface area contributed by atoms with E-state index < -0.39 is 0 Å². The molecule has 0 bridgehead atoms. The number of hydrogen-bond donors (Lipinski definition) is 0. The summed E-state index contributed by atoms with van der Waals surface area (Å²) in [6.07, 6.45) is 15.1. The molecule has 23 heavy (non-hydrogen) atoms. The molecule has 140 valence electrons. The first-order chi connectivity index (χ1) is 11.2. The predicted octanol–water partition coefficient (Wildman–Crippen LogP) is 7.11. The normalized spacial score (nSPS) is 15.5. The van der Waals surface area contributed by atoms with E-state index in [4.69, 9.17) is 9.47 Å². The molecule has 0 heterocycles. The first kappa shape index (κ1) is 22.9. The van der Waals surface area contributed by atoms with Crippen molar-refractivity contribution in [2.75, 3.05) is 13.2 Å². The number of rotatable bonds is 17. The Labute approximate surface area is 146 Å². The van der Waals surface area contributed by atoms with Crippen molar-refractivity contribution < 1.29 is 9.47 Å². The molecule has 0 aliphatic rings. The first-order valence-corrected chi connectivity index (χ1v) is 10.5. The molecule has 0 aromatic carbocycles. The summed E-state index contributed by atoms with van der Waals surface area (Å²) in [5, 5.41) is 0. The summed E-state index contributed by atoms with van der Waals surface area (Å²) in [6, 6.07) is 0. The average molecular weight is 329 g/mol.